The number of nitro groups is 1. The predicted molar refractivity (Wildman–Crippen MR) is 110 cm³/mol. The number of fused-ring (bicyclic) bond motifs is 1. The average Bonchev–Trinajstić information content (AvgIpc) is 3.27. The summed E-state index contributed by atoms with van der Waals surface area (Å²) in [5.74, 6) is -0.136. The van der Waals surface area contributed by atoms with Gasteiger partial charge in [-0.15, -0.1) is 11.3 Å². The fourth-order valence-electron chi connectivity index (χ4n) is 3.43. The number of thiazole rings is 1. The van der Waals surface area contributed by atoms with Gasteiger partial charge in [-0.3, -0.25) is 14.9 Å². The van der Waals surface area contributed by atoms with Crippen molar-refractivity contribution in [2.45, 2.75) is 19.4 Å². The lowest BCUT2D eigenvalue weighted by Gasteiger charge is -2.23. The van der Waals surface area contributed by atoms with Gasteiger partial charge >= 0.3 is 0 Å². The minimum atomic E-state index is -0.437. The van der Waals surface area contributed by atoms with E-state index in [0.29, 0.717) is 16.4 Å². The number of anilines is 2. The Labute approximate surface area is 165 Å². The van der Waals surface area contributed by atoms with Crippen LogP contribution in [0.4, 0.5) is 16.5 Å². The van der Waals surface area contributed by atoms with Crippen LogP contribution >= 0.6 is 11.3 Å². The Morgan fingerprint density at radius 3 is 2.96 bits per heavy atom. The third kappa shape index (κ3) is 3.59. The van der Waals surface area contributed by atoms with E-state index in [2.05, 4.69) is 28.2 Å². The monoisotopic (exact) mass is 394 g/mol. The average molecular weight is 394 g/mol. The van der Waals surface area contributed by atoms with E-state index in [4.69, 9.17) is 0 Å². The molecule has 0 aliphatic carbocycles. The zero-order valence-electron chi connectivity index (χ0n) is 15.2. The first-order chi connectivity index (χ1) is 13.5. The number of nitrogens with zero attached hydrogens (tertiary/aromatic N) is 3. The highest BCUT2D eigenvalue weighted by Crippen LogP contribution is 2.32. The molecule has 0 saturated heterocycles. The quantitative estimate of drug-likeness (QED) is 0.520. The molecule has 0 radical (unpaired) electrons. The van der Waals surface area contributed by atoms with Crippen molar-refractivity contribution in [2.75, 3.05) is 16.8 Å². The number of aromatic nitrogens is 1. The number of hydrogen-bond donors (Lipinski definition) is 1. The van der Waals surface area contributed by atoms with Crippen LogP contribution in [0.25, 0.3) is 11.3 Å². The zero-order chi connectivity index (χ0) is 19.7. The molecular weight excluding hydrogens is 376 g/mol. The maximum Gasteiger partial charge on any atom is 0.270 e. The molecule has 0 saturated carbocycles. The molecule has 2 heterocycles. The van der Waals surface area contributed by atoms with Crippen LogP contribution in [0, 0.1) is 10.1 Å². The maximum atomic E-state index is 12.5. The molecule has 28 heavy (non-hydrogen) atoms. The van der Waals surface area contributed by atoms with Gasteiger partial charge in [0.25, 0.3) is 5.69 Å². The number of carbonyl (C=O) groups excluding carboxylic acids is 1. The lowest BCUT2D eigenvalue weighted by Crippen LogP contribution is -2.37. The molecule has 1 aromatic heterocycles. The van der Waals surface area contributed by atoms with E-state index in [1.165, 1.54) is 29.0 Å². The number of benzene rings is 2. The van der Waals surface area contributed by atoms with E-state index in [1.807, 2.05) is 18.2 Å². The first-order valence-corrected chi connectivity index (χ1v) is 9.74. The Bertz CT molecular complexity index is 1050. The summed E-state index contributed by atoms with van der Waals surface area (Å²) in [7, 11) is 0. The van der Waals surface area contributed by atoms with Crippen molar-refractivity contribution in [3.8, 4) is 11.3 Å². The first kappa shape index (κ1) is 18.1. The molecule has 0 fully saturated rings. The molecule has 0 spiro atoms. The van der Waals surface area contributed by atoms with Crippen LogP contribution in [0.15, 0.2) is 53.9 Å². The highest BCUT2D eigenvalue weighted by atomic mass is 32.1. The molecule has 2 aromatic carbocycles. The molecule has 142 valence electrons. The molecule has 1 N–H and O–H groups in total. The smallest absolute Gasteiger partial charge is 0.270 e. The lowest BCUT2D eigenvalue weighted by molar-refractivity contribution is -0.384. The van der Waals surface area contributed by atoms with Crippen molar-refractivity contribution >= 4 is 33.8 Å². The van der Waals surface area contributed by atoms with E-state index in [1.54, 1.807) is 17.5 Å². The third-order valence-electron chi connectivity index (χ3n) is 4.77. The predicted octanol–water partition coefficient (Wildman–Crippen LogP) is 4.11. The van der Waals surface area contributed by atoms with E-state index in [9.17, 15) is 14.9 Å². The lowest BCUT2D eigenvalue weighted by atomic mass is 10.1. The van der Waals surface area contributed by atoms with Crippen LogP contribution in [-0.4, -0.2) is 28.4 Å². The Kier molecular flexibility index (Phi) is 4.79. The van der Waals surface area contributed by atoms with E-state index < -0.39 is 4.92 Å². The van der Waals surface area contributed by atoms with E-state index in [-0.39, 0.29) is 24.2 Å². The molecule has 8 heteroatoms. The van der Waals surface area contributed by atoms with Crippen molar-refractivity contribution in [3.05, 3.63) is 69.6 Å². The maximum absolute atomic E-state index is 12.5. The summed E-state index contributed by atoms with van der Waals surface area (Å²) >= 11 is 1.30. The molecule has 0 bridgehead atoms. The van der Waals surface area contributed by atoms with Crippen molar-refractivity contribution in [1.29, 1.82) is 0 Å². The minimum absolute atomic E-state index is 0.0118. The summed E-state index contributed by atoms with van der Waals surface area (Å²) in [6, 6.07) is 14.7. The fraction of sp³-hybridized carbons (Fsp3) is 0.200. The van der Waals surface area contributed by atoms with Gasteiger partial charge in [0.2, 0.25) is 5.91 Å². The molecule has 1 atom stereocenters. The van der Waals surface area contributed by atoms with Gasteiger partial charge in [0.1, 0.15) is 0 Å². The molecule has 1 aliphatic rings. The zero-order valence-corrected chi connectivity index (χ0v) is 16.0. The van der Waals surface area contributed by atoms with Gasteiger partial charge in [-0.05, 0) is 25.0 Å². The topological polar surface area (TPSA) is 88.4 Å². The van der Waals surface area contributed by atoms with Crippen LogP contribution in [0.1, 0.15) is 12.5 Å². The Hall–Kier alpha value is -3.26. The van der Waals surface area contributed by atoms with Crippen LogP contribution in [0.2, 0.25) is 0 Å². The van der Waals surface area contributed by atoms with E-state index in [0.717, 1.165) is 12.1 Å². The van der Waals surface area contributed by atoms with Crippen LogP contribution in [0.5, 0.6) is 0 Å². The number of amides is 1. The highest BCUT2D eigenvalue weighted by Gasteiger charge is 2.27. The van der Waals surface area contributed by atoms with E-state index >= 15 is 0 Å². The normalized spacial score (nSPS) is 15.3. The summed E-state index contributed by atoms with van der Waals surface area (Å²) in [6.45, 7) is 2.36. The van der Waals surface area contributed by atoms with Gasteiger partial charge in [0.15, 0.2) is 5.13 Å². The van der Waals surface area contributed by atoms with Crippen molar-refractivity contribution in [2.24, 2.45) is 0 Å². The highest BCUT2D eigenvalue weighted by molar-refractivity contribution is 7.14. The second kappa shape index (κ2) is 7.40. The molecule has 0 unspecified atom stereocenters. The number of non-ortho nitro benzene ring substituents is 1. The standard InChI is InChI=1S/C20H18N4O3S/c1-13-9-15-5-2-3-8-18(15)23(13)11-19(25)22-20-21-17(12-28-20)14-6-4-7-16(10-14)24(26)27/h2-8,10,12-13H,9,11H2,1H3,(H,21,22,25)/t13-/m1/s1. The summed E-state index contributed by atoms with van der Waals surface area (Å²) in [5.41, 5.74) is 3.61. The largest absolute Gasteiger partial charge is 0.359 e. The summed E-state index contributed by atoms with van der Waals surface area (Å²) < 4.78 is 0. The first-order valence-electron chi connectivity index (χ1n) is 8.86. The minimum Gasteiger partial charge on any atom is -0.359 e. The Morgan fingerprint density at radius 1 is 1.32 bits per heavy atom. The van der Waals surface area contributed by atoms with Gasteiger partial charge in [-0.1, -0.05) is 30.3 Å². The number of nitro benzene ring substituents is 1. The summed E-state index contributed by atoms with van der Waals surface area (Å²) in [4.78, 5) is 29.5. The second-order valence-corrected chi connectivity index (χ2v) is 7.56. The third-order valence-corrected chi connectivity index (χ3v) is 5.52. The summed E-state index contributed by atoms with van der Waals surface area (Å²) in [6.07, 6.45) is 0.928. The number of rotatable bonds is 5. The van der Waals surface area contributed by atoms with Crippen LogP contribution < -0.4 is 10.2 Å². The second-order valence-electron chi connectivity index (χ2n) is 6.70. The number of nitrogens with one attached hydrogen (secondary N) is 1. The molecule has 7 nitrogen and oxygen atoms in total. The van der Waals surface area contributed by atoms with Gasteiger partial charge < -0.3 is 10.2 Å². The Balaban J connectivity index is 1.45. The molecule has 1 amide bonds. The van der Waals surface area contributed by atoms with Crippen LogP contribution in [-0.2, 0) is 11.2 Å². The molecule has 4 rings (SSSR count). The van der Waals surface area contributed by atoms with Crippen molar-refractivity contribution in [1.82, 2.24) is 4.98 Å². The Morgan fingerprint density at radius 2 is 2.14 bits per heavy atom. The van der Waals surface area contributed by atoms with Crippen molar-refractivity contribution < 1.29 is 9.72 Å². The molecular formula is C20H18N4O3S. The van der Waals surface area contributed by atoms with Gasteiger partial charge in [0.05, 0.1) is 17.2 Å². The molecule has 3 aromatic rings. The number of hydrogen-bond acceptors (Lipinski definition) is 6. The van der Waals surface area contributed by atoms with Crippen molar-refractivity contribution in [3.63, 3.8) is 0 Å². The van der Waals surface area contributed by atoms with Gasteiger partial charge in [-0.25, -0.2) is 4.98 Å². The number of carbonyl (C=O) groups is 1. The fourth-order valence-corrected chi connectivity index (χ4v) is 4.16. The van der Waals surface area contributed by atoms with Gasteiger partial charge in [-0.2, -0.15) is 0 Å². The SMILES string of the molecule is C[C@@H]1Cc2ccccc2N1CC(=O)Nc1nc(-c2cccc([N+](=O)[O-])c2)cs1. The van der Waals surface area contributed by atoms with Gasteiger partial charge in [0, 0.05) is 34.8 Å². The number of para-hydroxylation sites is 1. The summed E-state index contributed by atoms with van der Waals surface area (Å²) in [5, 5.41) is 16.0. The van der Waals surface area contributed by atoms with Crippen LogP contribution in [0.3, 0.4) is 0 Å². The molecule has 1 aliphatic heterocycles.